The van der Waals surface area contributed by atoms with Crippen molar-refractivity contribution < 1.29 is 14.6 Å². The van der Waals surface area contributed by atoms with Crippen molar-refractivity contribution in [2.24, 2.45) is 0 Å². The monoisotopic (exact) mass is 396 g/mol. The van der Waals surface area contributed by atoms with Crippen LogP contribution in [0, 0.1) is 0 Å². The van der Waals surface area contributed by atoms with Crippen molar-refractivity contribution in [2.75, 3.05) is 0 Å². The number of carboxylic acids is 1. The van der Waals surface area contributed by atoms with Gasteiger partial charge in [-0.25, -0.2) is 9.78 Å². The Morgan fingerprint density at radius 2 is 2.10 bits per heavy atom. The van der Waals surface area contributed by atoms with E-state index in [1.807, 2.05) is 6.92 Å². The van der Waals surface area contributed by atoms with Gasteiger partial charge in [-0.2, -0.15) is 4.98 Å². The molecule has 0 radical (unpaired) electrons. The van der Waals surface area contributed by atoms with Crippen LogP contribution in [-0.2, 0) is 6.54 Å². The minimum absolute atomic E-state index is 0.106. The Hall–Kier alpha value is -3.16. The van der Waals surface area contributed by atoms with Crippen LogP contribution < -0.4 is 10.3 Å². The van der Waals surface area contributed by atoms with Crippen LogP contribution in [0.15, 0.2) is 29.1 Å². The van der Waals surface area contributed by atoms with Crippen LogP contribution in [0.4, 0.5) is 0 Å². The summed E-state index contributed by atoms with van der Waals surface area (Å²) in [5, 5.41) is 9.20. The number of nitrogens with zero attached hydrogens (tertiary/aromatic N) is 3. The fourth-order valence-electron chi connectivity index (χ4n) is 3.77. The smallest absolute Gasteiger partial charge is 0.335 e. The number of hydrogen-bond acceptors (Lipinski definition) is 5. The minimum atomic E-state index is -1.05. The molecule has 2 heterocycles. The number of carboxylic acid groups (broad SMARTS) is 1. The topological polar surface area (TPSA) is 110 Å². The molecule has 1 fully saturated rings. The van der Waals surface area contributed by atoms with E-state index in [2.05, 4.69) is 15.0 Å². The van der Waals surface area contributed by atoms with Crippen LogP contribution in [0.25, 0.3) is 11.2 Å². The van der Waals surface area contributed by atoms with Crippen LogP contribution >= 0.6 is 0 Å². The molecule has 1 saturated carbocycles. The number of aromatic nitrogens is 4. The van der Waals surface area contributed by atoms with Crippen LogP contribution in [0.5, 0.6) is 11.8 Å². The van der Waals surface area contributed by atoms with E-state index in [9.17, 15) is 14.7 Å². The number of aromatic carboxylic acids is 1. The van der Waals surface area contributed by atoms with E-state index < -0.39 is 5.97 Å². The SMILES string of the molecule is CCCCn1c(Oc2cccc(C(=O)O)c2)nc2nc(C3CCCC3)[nH]c2c1=O. The van der Waals surface area contributed by atoms with Gasteiger partial charge in [0.25, 0.3) is 5.56 Å². The van der Waals surface area contributed by atoms with Crippen molar-refractivity contribution in [3.05, 3.63) is 46.0 Å². The molecule has 1 aliphatic rings. The molecule has 0 aliphatic heterocycles. The Labute approximate surface area is 167 Å². The average molecular weight is 396 g/mol. The highest BCUT2D eigenvalue weighted by Gasteiger charge is 2.23. The van der Waals surface area contributed by atoms with Crippen molar-refractivity contribution in [3.8, 4) is 11.8 Å². The minimum Gasteiger partial charge on any atom is -0.478 e. The summed E-state index contributed by atoms with van der Waals surface area (Å²) in [6.45, 7) is 2.51. The number of nitrogens with one attached hydrogen (secondary N) is 1. The van der Waals surface area contributed by atoms with Gasteiger partial charge in [0, 0.05) is 12.5 Å². The van der Waals surface area contributed by atoms with E-state index in [1.54, 1.807) is 12.1 Å². The highest BCUT2D eigenvalue weighted by molar-refractivity contribution is 5.88. The maximum atomic E-state index is 13.1. The zero-order valence-corrected chi connectivity index (χ0v) is 16.4. The van der Waals surface area contributed by atoms with Gasteiger partial charge in [-0.05, 0) is 37.5 Å². The molecule has 0 amide bonds. The Kier molecular flexibility index (Phi) is 5.33. The lowest BCUT2D eigenvalue weighted by Gasteiger charge is -2.12. The normalized spacial score (nSPS) is 14.5. The highest BCUT2D eigenvalue weighted by atomic mass is 16.5. The van der Waals surface area contributed by atoms with E-state index in [1.165, 1.54) is 29.5 Å². The van der Waals surface area contributed by atoms with Crippen LogP contribution in [-0.4, -0.2) is 30.6 Å². The average Bonchev–Trinajstić information content (AvgIpc) is 3.38. The first-order valence-electron chi connectivity index (χ1n) is 10.1. The molecule has 152 valence electrons. The van der Waals surface area contributed by atoms with Gasteiger partial charge in [0.1, 0.15) is 11.6 Å². The number of imidazole rings is 1. The maximum absolute atomic E-state index is 13.1. The number of rotatable bonds is 7. The Morgan fingerprint density at radius 3 is 2.83 bits per heavy atom. The summed E-state index contributed by atoms with van der Waals surface area (Å²) in [6.07, 6.45) is 6.18. The maximum Gasteiger partial charge on any atom is 0.335 e. The number of fused-ring (bicyclic) bond motifs is 1. The third kappa shape index (κ3) is 3.87. The van der Waals surface area contributed by atoms with Gasteiger partial charge in [0.2, 0.25) is 0 Å². The summed E-state index contributed by atoms with van der Waals surface area (Å²) in [6, 6.07) is 6.26. The van der Waals surface area contributed by atoms with Crippen molar-refractivity contribution >= 4 is 17.1 Å². The lowest BCUT2D eigenvalue weighted by Crippen LogP contribution is -2.23. The molecule has 8 nitrogen and oxygen atoms in total. The molecular weight excluding hydrogens is 372 g/mol. The largest absolute Gasteiger partial charge is 0.478 e. The molecule has 0 spiro atoms. The lowest BCUT2D eigenvalue weighted by atomic mass is 10.1. The second-order valence-electron chi connectivity index (χ2n) is 7.44. The highest BCUT2D eigenvalue weighted by Crippen LogP contribution is 2.33. The Morgan fingerprint density at radius 1 is 1.31 bits per heavy atom. The fourth-order valence-corrected chi connectivity index (χ4v) is 3.77. The third-order valence-corrected chi connectivity index (χ3v) is 5.36. The number of carbonyl (C=O) groups is 1. The van der Waals surface area contributed by atoms with Gasteiger partial charge < -0.3 is 14.8 Å². The summed E-state index contributed by atoms with van der Waals surface area (Å²) >= 11 is 0. The molecule has 8 heteroatoms. The molecule has 3 aromatic rings. The third-order valence-electron chi connectivity index (χ3n) is 5.36. The molecular formula is C21H24N4O4. The van der Waals surface area contributed by atoms with Gasteiger partial charge in [0.05, 0.1) is 5.56 Å². The molecule has 0 bridgehead atoms. The number of unbranched alkanes of at least 4 members (excludes halogenated alkanes) is 1. The van der Waals surface area contributed by atoms with Crippen molar-refractivity contribution in [1.82, 2.24) is 19.5 Å². The molecule has 4 rings (SSSR count). The fraction of sp³-hybridized carbons (Fsp3) is 0.429. The summed E-state index contributed by atoms with van der Waals surface area (Å²) in [5.41, 5.74) is 0.627. The van der Waals surface area contributed by atoms with Crippen LogP contribution in [0.3, 0.4) is 0 Å². The van der Waals surface area contributed by atoms with E-state index in [4.69, 9.17) is 4.74 Å². The number of H-pyrrole nitrogens is 1. The van der Waals surface area contributed by atoms with E-state index in [0.29, 0.717) is 29.4 Å². The van der Waals surface area contributed by atoms with E-state index >= 15 is 0 Å². The van der Waals surface area contributed by atoms with E-state index in [-0.39, 0.29) is 17.1 Å². The van der Waals surface area contributed by atoms with E-state index in [0.717, 1.165) is 31.5 Å². The Bertz CT molecular complexity index is 1100. The standard InChI is InChI=1S/C21H24N4O4/c1-2-3-11-25-19(26)16-18(23-17(22-16)13-7-4-5-8-13)24-21(25)29-15-10-6-9-14(12-15)20(27)28/h6,9-10,12-13H,2-5,7-8,11H2,1H3,(H,22,23)(H,27,28). The zero-order chi connectivity index (χ0) is 20.4. The summed E-state index contributed by atoms with van der Waals surface area (Å²) in [7, 11) is 0. The van der Waals surface area contributed by atoms with Gasteiger partial charge in [-0.15, -0.1) is 0 Å². The number of aromatic amines is 1. The summed E-state index contributed by atoms with van der Waals surface area (Å²) < 4.78 is 7.35. The second-order valence-corrected chi connectivity index (χ2v) is 7.44. The predicted molar refractivity (Wildman–Crippen MR) is 108 cm³/mol. The number of benzene rings is 1. The zero-order valence-electron chi connectivity index (χ0n) is 16.4. The number of hydrogen-bond donors (Lipinski definition) is 2. The van der Waals surface area contributed by atoms with Gasteiger partial charge in [-0.1, -0.05) is 32.3 Å². The first-order valence-corrected chi connectivity index (χ1v) is 10.1. The molecule has 0 saturated heterocycles. The summed E-state index contributed by atoms with van der Waals surface area (Å²) in [5.74, 6) is 0.419. The second kappa shape index (κ2) is 8.06. The molecule has 29 heavy (non-hydrogen) atoms. The molecule has 1 aliphatic carbocycles. The molecule has 0 unspecified atom stereocenters. The van der Waals surface area contributed by atoms with Gasteiger partial charge in [0.15, 0.2) is 11.2 Å². The molecule has 2 N–H and O–H groups in total. The first-order chi connectivity index (χ1) is 14.1. The predicted octanol–water partition coefficient (Wildman–Crippen LogP) is 4.07. The van der Waals surface area contributed by atoms with Crippen LogP contribution in [0.1, 0.15) is 67.5 Å². The number of ether oxygens (including phenoxy) is 1. The van der Waals surface area contributed by atoms with Crippen molar-refractivity contribution in [1.29, 1.82) is 0 Å². The Balaban J connectivity index is 1.77. The van der Waals surface area contributed by atoms with Gasteiger partial charge in [-0.3, -0.25) is 9.36 Å². The molecule has 0 atom stereocenters. The van der Waals surface area contributed by atoms with Gasteiger partial charge >= 0.3 is 12.0 Å². The molecule has 1 aromatic carbocycles. The van der Waals surface area contributed by atoms with Crippen LogP contribution in [0.2, 0.25) is 0 Å². The lowest BCUT2D eigenvalue weighted by molar-refractivity contribution is 0.0696. The quantitative estimate of drug-likeness (QED) is 0.623. The van der Waals surface area contributed by atoms with Crippen molar-refractivity contribution in [3.63, 3.8) is 0 Å². The van der Waals surface area contributed by atoms with Crippen molar-refractivity contribution in [2.45, 2.75) is 57.9 Å². The molecule has 2 aromatic heterocycles. The first kappa shape index (κ1) is 19.2. The summed E-state index contributed by atoms with van der Waals surface area (Å²) in [4.78, 5) is 36.6.